The van der Waals surface area contributed by atoms with Gasteiger partial charge in [-0.3, -0.25) is 0 Å². The van der Waals surface area contributed by atoms with Crippen LogP contribution in [0.15, 0.2) is 370 Å². The Morgan fingerprint density at radius 3 is 0.976 bits per heavy atom. The van der Waals surface area contributed by atoms with Gasteiger partial charge >= 0.3 is 0 Å². The summed E-state index contributed by atoms with van der Waals surface area (Å²) in [7, 11) is 0. The molecular formula is C118H91B2N5. The molecule has 594 valence electrons. The number of para-hydroxylation sites is 4. The number of benzene rings is 18. The van der Waals surface area contributed by atoms with Gasteiger partial charge in [-0.05, 0) is 328 Å². The van der Waals surface area contributed by atoms with Crippen LogP contribution in [0.1, 0.15) is 55.6 Å². The first-order chi connectivity index (χ1) is 61.2. The van der Waals surface area contributed by atoms with Crippen LogP contribution in [-0.2, 0) is 0 Å². The number of fused-ring (bicyclic) bond motifs is 11. The average Bonchev–Trinajstić information content (AvgIpc) is 0.730. The summed E-state index contributed by atoms with van der Waals surface area (Å²) in [6.07, 6.45) is 0. The molecule has 7 heteroatoms. The molecule has 5 heterocycles. The van der Waals surface area contributed by atoms with Crippen LogP contribution >= 0.6 is 0 Å². The lowest BCUT2D eigenvalue weighted by Crippen LogP contribution is -2.65. The van der Waals surface area contributed by atoms with Gasteiger partial charge in [-0.2, -0.15) is 0 Å². The van der Waals surface area contributed by atoms with E-state index >= 15 is 0 Å². The van der Waals surface area contributed by atoms with Gasteiger partial charge in [0.15, 0.2) is 0 Å². The van der Waals surface area contributed by atoms with Crippen LogP contribution < -0.4 is 52.4 Å². The minimum Gasteiger partial charge on any atom is -0.311 e. The summed E-state index contributed by atoms with van der Waals surface area (Å²) in [6, 6.07) is 142. The highest BCUT2D eigenvalue weighted by Gasteiger charge is 2.50. The molecule has 0 saturated carbocycles. The monoisotopic (exact) mass is 1600 g/mol. The fourth-order valence-electron chi connectivity index (χ4n) is 22.3. The molecule has 0 radical (unpaired) electrons. The van der Waals surface area contributed by atoms with Gasteiger partial charge in [0.2, 0.25) is 0 Å². The number of rotatable bonds is 12. The molecule has 1 aromatic heterocycles. The highest BCUT2D eigenvalue weighted by molar-refractivity contribution is 7.03. The normalized spacial score (nSPS) is 12.8. The van der Waals surface area contributed by atoms with Crippen molar-refractivity contribution in [1.29, 1.82) is 0 Å². The summed E-state index contributed by atoms with van der Waals surface area (Å²) in [5.41, 5.74) is 53.4. The fourth-order valence-corrected chi connectivity index (χ4v) is 22.3. The predicted molar refractivity (Wildman–Crippen MR) is 534 cm³/mol. The van der Waals surface area contributed by atoms with Crippen LogP contribution in [0.5, 0.6) is 0 Å². The first-order valence-electron chi connectivity index (χ1n) is 44.0. The molecule has 23 rings (SSSR count). The molecule has 4 aliphatic heterocycles. The highest BCUT2D eigenvalue weighted by Crippen LogP contribution is 2.56. The lowest BCUT2D eigenvalue weighted by molar-refractivity contribution is 1.16. The summed E-state index contributed by atoms with van der Waals surface area (Å²) in [5, 5.41) is 2.41. The van der Waals surface area contributed by atoms with Crippen LogP contribution in [0.2, 0.25) is 0 Å². The summed E-state index contributed by atoms with van der Waals surface area (Å²) in [6.45, 7) is 22.1. The fraction of sp³-hybridized carbons (Fsp3) is 0.0847. The van der Waals surface area contributed by atoms with Crippen molar-refractivity contribution in [1.82, 2.24) is 4.57 Å². The van der Waals surface area contributed by atoms with Crippen molar-refractivity contribution in [2.24, 2.45) is 0 Å². The molecule has 0 spiro atoms. The number of hydrogen-bond donors (Lipinski definition) is 0. The van der Waals surface area contributed by atoms with Crippen molar-refractivity contribution in [3.63, 3.8) is 0 Å². The van der Waals surface area contributed by atoms with Gasteiger partial charge < -0.3 is 24.2 Å². The largest absolute Gasteiger partial charge is 0.311 e. The average molecular weight is 1600 g/mol. The van der Waals surface area contributed by atoms with Crippen LogP contribution in [0.4, 0.5) is 68.2 Å². The Morgan fingerprint density at radius 1 is 0.184 bits per heavy atom. The van der Waals surface area contributed by atoms with Crippen molar-refractivity contribution >= 4 is 136 Å². The van der Waals surface area contributed by atoms with Crippen molar-refractivity contribution in [3.05, 3.63) is 426 Å². The van der Waals surface area contributed by atoms with Crippen molar-refractivity contribution in [2.75, 3.05) is 19.6 Å². The Bertz CT molecular complexity index is 7430. The molecular weight excluding hydrogens is 1510 g/mol. The van der Waals surface area contributed by atoms with Crippen molar-refractivity contribution in [3.8, 4) is 83.6 Å². The standard InChI is InChI=1S/C118H91B2N5/c1-72-32-25-33-73(2)111(72)84-46-30-51-91(62-84)123-104-65-87(114-78(7)38-28-39-79(114)8)56-59-98(104)120-100-70-99-105(71-106(100)125(108-67-88(66-107(123)116(108)120)115-80(9)40-29-41-81(115)10)118-93(82-42-15-11-16-43-82)52-31-53-94(118)83-44-17-12-18-45-83)122(90-49-21-14-22-50-90)110-69-92(68-109-117(110)119(99)97-54-23-24-55-103(97)121(109)89-47-19-13-20-48-89)124-101-60-57-85(112-74(3)34-26-35-75(112)4)63-95(101)96-64-86(58-61-102(96)124)113-76(5)36-27-37-77(113)6/h11-71H,1-10H3. The molecule has 18 aromatic carbocycles. The third-order valence-corrected chi connectivity index (χ3v) is 27.6. The maximum atomic E-state index is 2.75. The Balaban J connectivity index is 0.870. The summed E-state index contributed by atoms with van der Waals surface area (Å²) >= 11 is 0. The van der Waals surface area contributed by atoms with Crippen molar-refractivity contribution < 1.29 is 0 Å². The number of aromatic nitrogens is 1. The van der Waals surface area contributed by atoms with E-state index < -0.39 is 0 Å². The Morgan fingerprint density at radius 2 is 0.504 bits per heavy atom. The third kappa shape index (κ3) is 11.8. The Labute approximate surface area is 733 Å². The molecule has 125 heavy (non-hydrogen) atoms. The number of aryl methyl sites for hydroxylation is 10. The molecule has 0 aliphatic carbocycles. The van der Waals surface area contributed by atoms with Crippen LogP contribution in [0.3, 0.4) is 0 Å². The lowest BCUT2D eigenvalue weighted by Gasteiger charge is -2.48. The summed E-state index contributed by atoms with van der Waals surface area (Å²) in [4.78, 5) is 10.6. The zero-order valence-corrected chi connectivity index (χ0v) is 72.1. The SMILES string of the molecule is Cc1cccc(C)c1-c1cccc(N2c3cc(-c4c(C)cccc4C)ccc3B3c4cc5c(cc4N(c4c(-c6ccccc6)cccc4-c4ccccc4)c4cc(-c6c(C)cccc6C)cc2c43)N(c2ccccc2)c2cc(-n3c4ccc(-c6c(C)cccc6C)cc4c4cc(-c6c(C)cccc6C)ccc43)cc3c2B5c2ccccc2N3c2ccccc2)c1. The van der Waals surface area contributed by atoms with Crippen LogP contribution in [-0.4, -0.2) is 18.0 Å². The van der Waals surface area contributed by atoms with Crippen LogP contribution in [0.25, 0.3) is 105 Å². The molecule has 0 fully saturated rings. The second-order valence-corrected chi connectivity index (χ2v) is 35.1. The first kappa shape index (κ1) is 75.1. The maximum Gasteiger partial charge on any atom is 0.252 e. The third-order valence-electron chi connectivity index (χ3n) is 27.6. The molecule has 4 aliphatic rings. The molecule has 19 aromatic rings. The topological polar surface area (TPSA) is 17.9 Å². The molecule has 0 atom stereocenters. The molecule has 0 bridgehead atoms. The minimum absolute atomic E-state index is 0.265. The quantitative estimate of drug-likeness (QED) is 0.113. The zero-order chi connectivity index (χ0) is 84.3. The minimum atomic E-state index is -0.304. The number of anilines is 12. The molecule has 5 nitrogen and oxygen atoms in total. The van der Waals surface area contributed by atoms with E-state index in [-0.39, 0.29) is 13.4 Å². The Hall–Kier alpha value is -14.9. The molecule has 0 amide bonds. The van der Waals surface area contributed by atoms with Gasteiger partial charge in [-0.1, -0.05) is 267 Å². The summed E-state index contributed by atoms with van der Waals surface area (Å²) in [5.74, 6) is 0. The van der Waals surface area contributed by atoms with E-state index in [1.54, 1.807) is 0 Å². The van der Waals surface area contributed by atoms with Gasteiger partial charge in [-0.25, -0.2) is 0 Å². The summed E-state index contributed by atoms with van der Waals surface area (Å²) < 4.78 is 2.58. The lowest BCUT2D eigenvalue weighted by atomic mass is 9.30. The maximum absolute atomic E-state index is 2.75. The van der Waals surface area contributed by atoms with Gasteiger partial charge in [-0.15, -0.1) is 0 Å². The van der Waals surface area contributed by atoms with E-state index in [9.17, 15) is 0 Å². The number of nitrogens with zero attached hydrogens (tertiary/aromatic N) is 5. The second-order valence-electron chi connectivity index (χ2n) is 35.1. The van der Waals surface area contributed by atoms with E-state index in [2.05, 4.69) is 463 Å². The molecule has 0 N–H and O–H groups in total. The van der Waals surface area contributed by atoms with E-state index in [0.717, 1.165) is 113 Å². The van der Waals surface area contributed by atoms with Crippen LogP contribution in [0, 0.1) is 69.2 Å². The second kappa shape index (κ2) is 29.4. The smallest absolute Gasteiger partial charge is 0.252 e. The molecule has 0 unspecified atom stereocenters. The first-order valence-corrected chi connectivity index (χ1v) is 44.0. The van der Waals surface area contributed by atoms with Gasteiger partial charge in [0.25, 0.3) is 13.4 Å². The predicted octanol–water partition coefficient (Wildman–Crippen LogP) is 27.7. The van der Waals surface area contributed by atoms with E-state index in [4.69, 9.17) is 0 Å². The van der Waals surface area contributed by atoms with Gasteiger partial charge in [0, 0.05) is 84.5 Å². The number of hydrogen-bond acceptors (Lipinski definition) is 4. The van der Waals surface area contributed by atoms with E-state index in [1.807, 2.05) is 0 Å². The molecule has 0 saturated heterocycles. The van der Waals surface area contributed by atoms with Gasteiger partial charge in [0.05, 0.1) is 22.4 Å². The highest BCUT2D eigenvalue weighted by atomic mass is 15.2. The Kier molecular flexibility index (Phi) is 17.7. The van der Waals surface area contributed by atoms with E-state index in [0.29, 0.717) is 0 Å². The van der Waals surface area contributed by atoms with E-state index in [1.165, 1.54) is 149 Å². The van der Waals surface area contributed by atoms with Gasteiger partial charge in [0.1, 0.15) is 0 Å². The van der Waals surface area contributed by atoms with Crippen molar-refractivity contribution in [2.45, 2.75) is 69.2 Å². The zero-order valence-electron chi connectivity index (χ0n) is 72.1.